The average Bonchev–Trinajstić information content (AvgIpc) is 3.83. The molecule has 4 aromatic rings. The van der Waals surface area contributed by atoms with E-state index in [1.54, 1.807) is 61.7 Å². The summed E-state index contributed by atoms with van der Waals surface area (Å²) in [6.07, 6.45) is 4.56. The second-order valence-corrected chi connectivity index (χ2v) is 11.5. The van der Waals surface area contributed by atoms with Crippen molar-refractivity contribution < 1.29 is 33.3 Å². The molecule has 0 aliphatic heterocycles. The molecule has 2 aromatic heterocycles. The van der Waals surface area contributed by atoms with Crippen LogP contribution in [0.15, 0.2) is 61.1 Å². The van der Waals surface area contributed by atoms with Gasteiger partial charge in [-0.25, -0.2) is 19.7 Å². The molecule has 5 rings (SSSR count). The molecule has 1 N–H and O–H groups in total. The number of ether oxygens (including phenoxy) is 5. The van der Waals surface area contributed by atoms with Gasteiger partial charge in [0.05, 0.1) is 42.9 Å². The molecular weight excluding hydrogens is 578 g/mol. The molecule has 0 bridgehead atoms. The Bertz CT molecular complexity index is 1630. The third kappa shape index (κ3) is 8.36. The SMILES string of the molecule is COCCOc1cc2ncnc(Oc3ccc(CC(=O)Nc4ccc(N(C(=O)OC(C)(C)C)C5CC5)cn4)cc3)c2cc1OC. The molecule has 12 nitrogen and oxygen atoms in total. The number of fused-ring (bicyclic) bond motifs is 1. The maximum atomic E-state index is 12.8. The number of carbonyl (C=O) groups is 2. The third-order valence-corrected chi connectivity index (χ3v) is 6.73. The Hall–Kier alpha value is -4.97. The largest absolute Gasteiger partial charge is 0.493 e. The molecule has 2 heterocycles. The van der Waals surface area contributed by atoms with E-state index < -0.39 is 11.7 Å². The lowest BCUT2D eigenvalue weighted by molar-refractivity contribution is -0.115. The van der Waals surface area contributed by atoms with E-state index in [1.807, 2.05) is 32.9 Å². The number of pyridine rings is 1. The first-order chi connectivity index (χ1) is 21.6. The first-order valence-corrected chi connectivity index (χ1v) is 14.6. The van der Waals surface area contributed by atoms with E-state index >= 15 is 0 Å². The van der Waals surface area contributed by atoms with Crippen LogP contribution in [0.3, 0.4) is 0 Å². The van der Waals surface area contributed by atoms with E-state index in [0.717, 1.165) is 18.4 Å². The summed E-state index contributed by atoms with van der Waals surface area (Å²) in [6, 6.07) is 14.2. The fourth-order valence-electron chi connectivity index (χ4n) is 4.50. The lowest BCUT2D eigenvalue weighted by atomic mass is 10.1. The fraction of sp³-hybridized carbons (Fsp3) is 0.364. The van der Waals surface area contributed by atoms with Crippen LogP contribution < -0.4 is 24.4 Å². The molecule has 45 heavy (non-hydrogen) atoms. The Labute approximate surface area is 261 Å². The Morgan fingerprint density at radius 3 is 2.38 bits per heavy atom. The topological polar surface area (TPSA) is 134 Å². The van der Waals surface area contributed by atoms with Crippen LogP contribution in [-0.4, -0.2) is 66.0 Å². The summed E-state index contributed by atoms with van der Waals surface area (Å²) in [6.45, 7) is 6.32. The third-order valence-electron chi connectivity index (χ3n) is 6.73. The van der Waals surface area contributed by atoms with Crippen molar-refractivity contribution in [3.63, 3.8) is 0 Å². The minimum atomic E-state index is -0.598. The van der Waals surface area contributed by atoms with Crippen LogP contribution in [-0.2, 0) is 20.7 Å². The van der Waals surface area contributed by atoms with Gasteiger partial charge in [0.2, 0.25) is 11.8 Å². The lowest BCUT2D eigenvalue weighted by Gasteiger charge is -2.27. The minimum absolute atomic E-state index is 0.101. The molecule has 2 aromatic carbocycles. The fourth-order valence-corrected chi connectivity index (χ4v) is 4.50. The smallest absolute Gasteiger partial charge is 0.415 e. The molecule has 1 aliphatic carbocycles. The van der Waals surface area contributed by atoms with Crippen molar-refractivity contribution in [2.45, 2.75) is 51.7 Å². The predicted molar refractivity (Wildman–Crippen MR) is 168 cm³/mol. The van der Waals surface area contributed by atoms with Gasteiger partial charge in [0, 0.05) is 19.2 Å². The van der Waals surface area contributed by atoms with Crippen molar-refractivity contribution in [2.24, 2.45) is 0 Å². The van der Waals surface area contributed by atoms with E-state index in [4.69, 9.17) is 23.7 Å². The molecule has 0 atom stereocenters. The summed E-state index contributed by atoms with van der Waals surface area (Å²) in [5.74, 6) is 2.12. The lowest BCUT2D eigenvalue weighted by Crippen LogP contribution is -2.38. The van der Waals surface area contributed by atoms with Gasteiger partial charge in [-0.2, -0.15) is 0 Å². The highest BCUT2D eigenvalue weighted by Gasteiger charge is 2.36. The van der Waals surface area contributed by atoms with Crippen molar-refractivity contribution >= 4 is 34.4 Å². The molecule has 0 radical (unpaired) electrons. The van der Waals surface area contributed by atoms with Crippen LogP contribution in [0, 0.1) is 0 Å². The number of hydrogen-bond acceptors (Lipinski definition) is 10. The minimum Gasteiger partial charge on any atom is -0.493 e. The highest BCUT2D eigenvalue weighted by molar-refractivity contribution is 5.92. The van der Waals surface area contributed by atoms with E-state index in [9.17, 15) is 9.59 Å². The maximum absolute atomic E-state index is 12.8. The summed E-state index contributed by atoms with van der Waals surface area (Å²) in [5, 5.41) is 3.47. The van der Waals surface area contributed by atoms with Gasteiger partial charge in [-0.15, -0.1) is 0 Å². The monoisotopic (exact) mass is 615 g/mol. The second kappa shape index (κ2) is 13.8. The second-order valence-electron chi connectivity index (χ2n) is 11.5. The number of anilines is 2. The first-order valence-electron chi connectivity index (χ1n) is 14.6. The number of nitrogens with zero attached hydrogens (tertiary/aromatic N) is 4. The Morgan fingerprint density at radius 2 is 1.73 bits per heavy atom. The number of rotatable bonds is 12. The Morgan fingerprint density at radius 1 is 0.956 bits per heavy atom. The zero-order chi connectivity index (χ0) is 32.0. The molecule has 0 saturated heterocycles. The zero-order valence-electron chi connectivity index (χ0n) is 26.0. The number of nitrogens with one attached hydrogen (secondary N) is 1. The molecule has 0 spiro atoms. The van der Waals surface area contributed by atoms with E-state index in [-0.39, 0.29) is 18.4 Å². The summed E-state index contributed by atoms with van der Waals surface area (Å²) in [5.41, 5.74) is 1.45. The van der Waals surface area contributed by atoms with Crippen LogP contribution in [0.4, 0.5) is 16.3 Å². The van der Waals surface area contributed by atoms with Gasteiger partial charge in [0.25, 0.3) is 0 Å². The quantitative estimate of drug-likeness (QED) is 0.191. The summed E-state index contributed by atoms with van der Waals surface area (Å²) in [4.78, 5) is 40.1. The van der Waals surface area contributed by atoms with Crippen LogP contribution in [0.2, 0.25) is 0 Å². The van der Waals surface area contributed by atoms with Crippen molar-refractivity contribution in [1.82, 2.24) is 15.0 Å². The molecule has 1 aliphatic rings. The zero-order valence-corrected chi connectivity index (χ0v) is 26.0. The van der Waals surface area contributed by atoms with Gasteiger partial charge >= 0.3 is 6.09 Å². The van der Waals surface area contributed by atoms with Crippen LogP contribution in [0.5, 0.6) is 23.1 Å². The normalized spacial score (nSPS) is 12.8. The molecule has 2 amide bonds. The van der Waals surface area contributed by atoms with E-state index in [1.165, 1.54) is 6.33 Å². The number of hydrogen-bond donors (Lipinski definition) is 1. The predicted octanol–water partition coefficient (Wildman–Crippen LogP) is 5.94. The van der Waals surface area contributed by atoms with Gasteiger partial charge in [0.1, 0.15) is 30.1 Å². The molecule has 1 saturated carbocycles. The van der Waals surface area contributed by atoms with Gasteiger partial charge in [0.15, 0.2) is 11.5 Å². The van der Waals surface area contributed by atoms with Crippen molar-refractivity contribution in [2.75, 3.05) is 37.7 Å². The highest BCUT2D eigenvalue weighted by atomic mass is 16.6. The van der Waals surface area contributed by atoms with E-state index in [2.05, 4.69) is 20.3 Å². The van der Waals surface area contributed by atoms with Gasteiger partial charge in [-0.3, -0.25) is 9.69 Å². The van der Waals surface area contributed by atoms with Crippen LogP contribution in [0.1, 0.15) is 39.2 Å². The number of amides is 2. The van der Waals surface area contributed by atoms with Crippen LogP contribution >= 0.6 is 0 Å². The first kappa shape index (κ1) is 31.5. The molecule has 1 fully saturated rings. The number of benzene rings is 2. The van der Waals surface area contributed by atoms with Gasteiger partial charge in [-0.05, 0) is 69.5 Å². The maximum Gasteiger partial charge on any atom is 0.415 e. The van der Waals surface area contributed by atoms with E-state index in [0.29, 0.717) is 58.8 Å². The molecule has 0 unspecified atom stereocenters. The van der Waals surface area contributed by atoms with Crippen molar-refractivity contribution in [3.8, 4) is 23.1 Å². The number of methoxy groups -OCH3 is 2. The average molecular weight is 616 g/mol. The highest BCUT2D eigenvalue weighted by Crippen LogP contribution is 2.36. The molecular formula is C33H37N5O7. The standard InChI is InChI=1S/C33H37N5O7/c1-33(2,3)45-32(40)38(22-8-9-22)23-10-13-29(34-19-23)37-30(39)16-21-6-11-24(12-7-21)44-31-25-17-27(42-5)28(43-15-14-41-4)18-26(25)35-20-36-31/h6-7,10-13,17-20,22H,8-9,14-16H2,1-5H3,(H,34,37,39). The van der Waals surface area contributed by atoms with Crippen molar-refractivity contribution in [1.29, 1.82) is 0 Å². The Balaban J connectivity index is 1.20. The van der Waals surface area contributed by atoms with Crippen LogP contribution in [0.25, 0.3) is 10.9 Å². The summed E-state index contributed by atoms with van der Waals surface area (Å²) >= 11 is 0. The molecule has 12 heteroatoms. The summed E-state index contributed by atoms with van der Waals surface area (Å²) < 4.78 is 27.9. The Kier molecular flexibility index (Phi) is 9.62. The number of carbonyl (C=O) groups excluding carboxylic acids is 2. The van der Waals surface area contributed by atoms with Gasteiger partial charge in [-0.1, -0.05) is 12.1 Å². The summed E-state index contributed by atoms with van der Waals surface area (Å²) in [7, 11) is 3.17. The molecule has 236 valence electrons. The number of aromatic nitrogens is 3. The van der Waals surface area contributed by atoms with Crippen molar-refractivity contribution in [3.05, 3.63) is 66.6 Å². The van der Waals surface area contributed by atoms with Gasteiger partial charge < -0.3 is 29.0 Å².